The monoisotopic (exact) mass is 313 g/mol. The quantitative estimate of drug-likeness (QED) is 0.898. The van der Waals surface area contributed by atoms with Crippen LogP contribution in [0.4, 0.5) is 0 Å². The molecule has 1 aromatic rings. The fourth-order valence-electron chi connectivity index (χ4n) is 3.21. The van der Waals surface area contributed by atoms with Crippen molar-refractivity contribution in [1.29, 1.82) is 0 Å². The third-order valence-corrected chi connectivity index (χ3v) is 5.53. The van der Waals surface area contributed by atoms with E-state index in [-0.39, 0.29) is 10.3 Å². The summed E-state index contributed by atoms with van der Waals surface area (Å²) < 4.78 is 34.5. The maximum Gasteiger partial charge on any atom is 0.179 e. The summed E-state index contributed by atoms with van der Waals surface area (Å²) in [5.41, 5.74) is 6.83. The smallest absolute Gasteiger partial charge is 0.179 e. The lowest BCUT2D eigenvalue weighted by Crippen LogP contribution is -2.32. The summed E-state index contributed by atoms with van der Waals surface area (Å²) in [6.07, 6.45) is 5.38. The molecule has 0 aromatic heterocycles. The maximum atomic E-state index is 11.9. The topological polar surface area (TPSA) is 78.6 Å². The van der Waals surface area contributed by atoms with Crippen molar-refractivity contribution in [3.05, 3.63) is 17.7 Å². The second kappa shape index (κ2) is 5.85. The molecule has 1 saturated carbocycles. The third-order valence-electron chi connectivity index (χ3n) is 4.41. The standard InChI is InChI=1S/C15H23NO4S/c1-19-12-9-14(21(3,17)18)13(20-2)8-11(12)15(10-16)6-4-5-7-15/h8-9H,4-7,10,16H2,1-3H3. The summed E-state index contributed by atoms with van der Waals surface area (Å²) in [6.45, 7) is 0.519. The molecule has 1 fully saturated rings. The number of methoxy groups -OCH3 is 2. The minimum absolute atomic E-state index is 0.144. The van der Waals surface area contributed by atoms with Crippen LogP contribution < -0.4 is 15.2 Å². The molecule has 118 valence electrons. The molecule has 1 aromatic carbocycles. The van der Waals surface area contributed by atoms with Gasteiger partial charge in [0.15, 0.2) is 9.84 Å². The lowest BCUT2D eigenvalue weighted by Gasteiger charge is -2.30. The van der Waals surface area contributed by atoms with Crippen LogP contribution >= 0.6 is 0 Å². The average molecular weight is 313 g/mol. The molecule has 0 aliphatic heterocycles. The molecule has 0 heterocycles. The van der Waals surface area contributed by atoms with E-state index in [9.17, 15) is 8.42 Å². The molecule has 0 saturated heterocycles. The Morgan fingerprint density at radius 3 is 2.14 bits per heavy atom. The van der Waals surface area contributed by atoms with Gasteiger partial charge < -0.3 is 15.2 Å². The Hall–Kier alpha value is -1.27. The fourth-order valence-corrected chi connectivity index (χ4v) is 4.04. The molecule has 0 atom stereocenters. The molecular formula is C15H23NO4S. The summed E-state index contributed by atoms with van der Waals surface area (Å²) in [6, 6.07) is 3.34. The lowest BCUT2D eigenvalue weighted by molar-refractivity contribution is 0.364. The molecule has 0 bridgehead atoms. The number of benzene rings is 1. The van der Waals surface area contributed by atoms with Gasteiger partial charge in [-0.1, -0.05) is 12.8 Å². The normalized spacial score (nSPS) is 17.7. The van der Waals surface area contributed by atoms with E-state index < -0.39 is 9.84 Å². The lowest BCUT2D eigenvalue weighted by atomic mass is 9.78. The minimum Gasteiger partial charge on any atom is -0.496 e. The Morgan fingerprint density at radius 2 is 1.71 bits per heavy atom. The molecular weight excluding hydrogens is 290 g/mol. The zero-order valence-electron chi connectivity index (χ0n) is 12.8. The Morgan fingerprint density at radius 1 is 1.14 bits per heavy atom. The van der Waals surface area contributed by atoms with Crippen molar-refractivity contribution < 1.29 is 17.9 Å². The van der Waals surface area contributed by atoms with E-state index in [2.05, 4.69) is 0 Å². The highest BCUT2D eigenvalue weighted by Gasteiger charge is 2.37. The maximum absolute atomic E-state index is 11.9. The molecule has 2 rings (SSSR count). The second-order valence-electron chi connectivity index (χ2n) is 5.67. The molecule has 0 amide bonds. The number of hydrogen-bond acceptors (Lipinski definition) is 5. The summed E-state index contributed by atoms with van der Waals surface area (Å²) in [5, 5.41) is 0. The van der Waals surface area contributed by atoms with E-state index >= 15 is 0 Å². The second-order valence-corrected chi connectivity index (χ2v) is 7.65. The summed E-state index contributed by atoms with van der Waals surface area (Å²) in [7, 11) is -0.353. The van der Waals surface area contributed by atoms with Crippen LogP contribution in [0.3, 0.4) is 0 Å². The van der Waals surface area contributed by atoms with Crippen LogP contribution in [0.15, 0.2) is 17.0 Å². The van der Waals surface area contributed by atoms with Gasteiger partial charge in [0, 0.05) is 29.8 Å². The predicted octanol–water partition coefficient (Wildman–Crippen LogP) is 1.88. The first-order chi connectivity index (χ1) is 9.88. The number of nitrogens with two attached hydrogens (primary N) is 1. The van der Waals surface area contributed by atoms with E-state index in [4.69, 9.17) is 15.2 Å². The van der Waals surface area contributed by atoms with Gasteiger partial charge in [0.1, 0.15) is 16.4 Å². The number of rotatable bonds is 5. The van der Waals surface area contributed by atoms with Crippen molar-refractivity contribution in [3.63, 3.8) is 0 Å². The van der Waals surface area contributed by atoms with E-state index in [1.54, 1.807) is 19.2 Å². The van der Waals surface area contributed by atoms with Gasteiger partial charge in [-0.3, -0.25) is 0 Å². The highest BCUT2D eigenvalue weighted by Crippen LogP contribution is 2.46. The summed E-state index contributed by atoms with van der Waals surface area (Å²) >= 11 is 0. The molecule has 5 nitrogen and oxygen atoms in total. The van der Waals surface area contributed by atoms with E-state index in [1.165, 1.54) is 7.11 Å². The minimum atomic E-state index is -3.38. The van der Waals surface area contributed by atoms with Gasteiger partial charge in [-0.2, -0.15) is 0 Å². The Balaban J connectivity index is 2.67. The molecule has 0 unspecified atom stereocenters. The zero-order chi connectivity index (χ0) is 15.7. The van der Waals surface area contributed by atoms with Gasteiger partial charge >= 0.3 is 0 Å². The summed E-state index contributed by atoms with van der Waals surface area (Å²) in [4.78, 5) is 0.149. The molecule has 6 heteroatoms. The molecule has 0 radical (unpaired) electrons. The summed E-state index contributed by atoms with van der Waals surface area (Å²) in [5.74, 6) is 0.927. The van der Waals surface area contributed by atoms with Crippen molar-refractivity contribution in [3.8, 4) is 11.5 Å². The molecule has 21 heavy (non-hydrogen) atoms. The van der Waals surface area contributed by atoms with Gasteiger partial charge in [-0.15, -0.1) is 0 Å². The highest BCUT2D eigenvalue weighted by atomic mass is 32.2. The van der Waals surface area contributed by atoms with Gasteiger partial charge in [-0.05, 0) is 18.9 Å². The first-order valence-corrected chi connectivity index (χ1v) is 8.94. The largest absolute Gasteiger partial charge is 0.496 e. The van der Waals surface area contributed by atoms with Gasteiger partial charge in [0.25, 0.3) is 0 Å². The van der Waals surface area contributed by atoms with Crippen molar-refractivity contribution >= 4 is 9.84 Å². The van der Waals surface area contributed by atoms with Crippen LogP contribution in [0, 0.1) is 0 Å². The van der Waals surface area contributed by atoms with Crippen molar-refractivity contribution in [2.75, 3.05) is 27.0 Å². The average Bonchev–Trinajstić information content (AvgIpc) is 2.94. The van der Waals surface area contributed by atoms with E-state index in [1.807, 2.05) is 0 Å². The zero-order valence-corrected chi connectivity index (χ0v) is 13.6. The molecule has 1 aliphatic carbocycles. The predicted molar refractivity (Wildman–Crippen MR) is 81.9 cm³/mol. The van der Waals surface area contributed by atoms with Gasteiger partial charge in [0.2, 0.25) is 0 Å². The van der Waals surface area contributed by atoms with Crippen molar-refractivity contribution in [1.82, 2.24) is 0 Å². The number of ether oxygens (including phenoxy) is 2. The number of sulfone groups is 1. The van der Waals surface area contributed by atoms with Gasteiger partial charge in [-0.25, -0.2) is 8.42 Å². The fraction of sp³-hybridized carbons (Fsp3) is 0.600. The third kappa shape index (κ3) is 2.87. The SMILES string of the molecule is COc1cc(S(C)(=O)=O)c(OC)cc1C1(CN)CCCC1. The molecule has 0 spiro atoms. The van der Waals surface area contributed by atoms with Crippen LogP contribution in [-0.4, -0.2) is 35.4 Å². The Labute approximate surface area is 126 Å². The van der Waals surface area contributed by atoms with Crippen LogP contribution in [0.2, 0.25) is 0 Å². The highest BCUT2D eigenvalue weighted by molar-refractivity contribution is 7.90. The van der Waals surface area contributed by atoms with Crippen molar-refractivity contribution in [2.24, 2.45) is 5.73 Å². The van der Waals surface area contributed by atoms with Crippen LogP contribution in [0.1, 0.15) is 31.2 Å². The van der Waals surface area contributed by atoms with Gasteiger partial charge in [0.05, 0.1) is 14.2 Å². The van der Waals surface area contributed by atoms with Crippen LogP contribution in [-0.2, 0) is 15.3 Å². The van der Waals surface area contributed by atoms with Crippen LogP contribution in [0.5, 0.6) is 11.5 Å². The Bertz CT molecular complexity index is 619. The number of hydrogen-bond donors (Lipinski definition) is 1. The first-order valence-electron chi connectivity index (χ1n) is 7.04. The van der Waals surface area contributed by atoms with E-state index in [0.717, 1.165) is 37.5 Å². The Kier molecular flexibility index (Phi) is 4.49. The first kappa shape index (κ1) is 16.1. The molecule has 2 N–H and O–H groups in total. The van der Waals surface area contributed by atoms with Crippen LogP contribution in [0.25, 0.3) is 0 Å². The van der Waals surface area contributed by atoms with E-state index in [0.29, 0.717) is 18.0 Å². The van der Waals surface area contributed by atoms with Crippen molar-refractivity contribution in [2.45, 2.75) is 36.0 Å². The molecule has 1 aliphatic rings.